The summed E-state index contributed by atoms with van der Waals surface area (Å²) in [7, 11) is 3.32. The Morgan fingerprint density at radius 1 is 1.53 bits per heavy atom. The molecule has 0 spiro atoms. The van der Waals surface area contributed by atoms with E-state index < -0.39 is 0 Å². The van der Waals surface area contributed by atoms with Crippen LogP contribution in [0.5, 0.6) is 5.75 Å². The van der Waals surface area contributed by atoms with Crippen molar-refractivity contribution in [3.8, 4) is 5.75 Å². The van der Waals surface area contributed by atoms with Crippen molar-refractivity contribution in [1.82, 2.24) is 4.90 Å². The van der Waals surface area contributed by atoms with Crippen molar-refractivity contribution in [2.45, 2.75) is 0 Å². The van der Waals surface area contributed by atoms with Gasteiger partial charge in [0.05, 0.1) is 5.69 Å². The number of hydrogen-bond acceptors (Lipinski definition) is 3. The van der Waals surface area contributed by atoms with Gasteiger partial charge < -0.3 is 15.4 Å². The van der Waals surface area contributed by atoms with E-state index in [0.717, 1.165) is 0 Å². The minimum atomic E-state index is -0.130. The summed E-state index contributed by atoms with van der Waals surface area (Å²) in [4.78, 5) is 12.7. The van der Waals surface area contributed by atoms with Crippen molar-refractivity contribution in [1.29, 1.82) is 0 Å². The van der Waals surface area contributed by atoms with Gasteiger partial charge in [-0.25, -0.2) is 0 Å². The highest BCUT2D eigenvalue weighted by atomic mass is 35.5. The molecular weight excluding hydrogens is 216 g/mol. The summed E-state index contributed by atoms with van der Waals surface area (Å²) >= 11 is 5.76. The highest BCUT2D eigenvalue weighted by molar-refractivity contribution is 6.30. The van der Waals surface area contributed by atoms with E-state index in [1.54, 1.807) is 32.3 Å². The average molecular weight is 229 g/mol. The monoisotopic (exact) mass is 228 g/mol. The second kappa shape index (κ2) is 4.89. The number of hydrogen-bond donors (Lipinski definition) is 1. The van der Waals surface area contributed by atoms with Gasteiger partial charge in [-0.15, -0.1) is 0 Å². The highest BCUT2D eigenvalue weighted by Crippen LogP contribution is 2.25. The number of nitrogen functional groups attached to an aromatic ring is 1. The third kappa shape index (κ3) is 3.32. The average Bonchev–Trinajstić information content (AvgIpc) is 2.18. The number of anilines is 1. The Hall–Kier alpha value is -1.42. The van der Waals surface area contributed by atoms with Gasteiger partial charge in [0, 0.05) is 25.2 Å². The quantitative estimate of drug-likeness (QED) is 0.796. The molecule has 0 aliphatic carbocycles. The van der Waals surface area contributed by atoms with E-state index in [2.05, 4.69) is 0 Å². The largest absolute Gasteiger partial charge is 0.482 e. The number of carbonyl (C=O) groups is 1. The summed E-state index contributed by atoms with van der Waals surface area (Å²) in [6, 6.07) is 4.88. The molecule has 1 aromatic rings. The lowest BCUT2D eigenvalue weighted by Gasteiger charge is -2.12. The van der Waals surface area contributed by atoms with Crippen molar-refractivity contribution in [3.63, 3.8) is 0 Å². The molecule has 0 fully saturated rings. The number of nitrogens with zero attached hydrogens (tertiary/aromatic N) is 1. The minimum absolute atomic E-state index is 0.0441. The third-order valence-electron chi connectivity index (χ3n) is 1.83. The van der Waals surface area contributed by atoms with Crippen LogP contribution in [0.4, 0.5) is 5.69 Å². The molecule has 0 unspecified atom stereocenters. The van der Waals surface area contributed by atoms with Crippen molar-refractivity contribution in [2.75, 3.05) is 26.4 Å². The standard InChI is InChI=1S/C10H13ClN2O2/c1-13(2)10(14)6-15-9-5-7(11)3-4-8(9)12/h3-5H,6,12H2,1-2H3. The summed E-state index contributed by atoms with van der Waals surface area (Å²) in [5, 5.41) is 0.525. The molecule has 0 radical (unpaired) electrons. The van der Waals surface area contributed by atoms with Gasteiger partial charge in [-0.2, -0.15) is 0 Å². The fourth-order valence-electron chi connectivity index (χ4n) is 0.902. The molecule has 0 atom stereocenters. The van der Waals surface area contributed by atoms with Crippen LogP contribution in [0, 0.1) is 0 Å². The summed E-state index contributed by atoms with van der Waals surface area (Å²) in [6.45, 7) is -0.0441. The Morgan fingerprint density at radius 2 is 2.20 bits per heavy atom. The Kier molecular flexibility index (Phi) is 3.80. The summed E-state index contributed by atoms with van der Waals surface area (Å²) in [6.07, 6.45) is 0. The number of rotatable bonds is 3. The molecule has 1 rings (SSSR count). The molecule has 0 saturated heterocycles. The number of nitrogens with two attached hydrogens (primary N) is 1. The lowest BCUT2D eigenvalue weighted by atomic mass is 10.3. The smallest absolute Gasteiger partial charge is 0.259 e. The van der Waals surface area contributed by atoms with E-state index in [4.69, 9.17) is 22.1 Å². The lowest BCUT2D eigenvalue weighted by Crippen LogP contribution is -2.27. The number of likely N-dealkylation sites (N-methyl/N-ethyl adjacent to an activating group) is 1. The molecule has 0 aliphatic rings. The van der Waals surface area contributed by atoms with E-state index in [9.17, 15) is 4.79 Å². The molecule has 0 aromatic heterocycles. The highest BCUT2D eigenvalue weighted by Gasteiger charge is 2.07. The van der Waals surface area contributed by atoms with E-state index in [1.807, 2.05) is 0 Å². The minimum Gasteiger partial charge on any atom is -0.482 e. The number of ether oxygens (including phenoxy) is 1. The molecule has 4 nitrogen and oxygen atoms in total. The lowest BCUT2D eigenvalue weighted by molar-refractivity contribution is -0.130. The molecular formula is C10H13ClN2O2. The number of carbonyl (C=O) groups excluding carboxylic acids is 1. The molecule has 1 aromatic carbocycles. The maximum Gasteiger partial charge on any atom is 0.259 e. The first-order chi connectivity index (χ1) is 7.00. The zero-order chi connectivity index (χ0) is 11.4. The van der Waals surface area contributed by atoms with Gasteiger partial charge in [0.25, 0.3) is 5.91 Å². The topological polar surface area (TPSA) is 55.6 Å². The zero-order valence-corrected chi connectivity index (χ0v) is 9.41. The van der Waals surface area contributed by atoms with Crippen LogP contribution in [0.3, 0.4) is 0 Å². The zero-order valence-electron chi connectivity index (χ0n) is 8.66. The van der Waals surface area contributed by atoms with Gasteiger partial charge in [0.1, 0.15) is 5.75 Å². The van der Waals surface area contributed by atoms with Crippen LogP contribution in [0.2, 0.25) is 5.02 Å². The van der Waals surface area contributed by atoms with Crippen LogP contribution < -0.4 is 10.5 Å². The summed E-state index contributed by atoms with van der Waals surface area (Å²) in [5.41, 5.74) is 6.11. The molecule has 0 bridgehead atoms. The predicted octanol–water partition coefficient (Wildman–Crippen LogP) is 1.39. The summed E-state index contributed by atoms with van der Waals surface area (Å²) in [5.74, 6) is 0.298. The van der Waals surface area contributed by atoms with Crippen LogP contribution in [0.1, 0.15) is 0 Å². The molecule has 0 heterocycles. The second-order valence-corrected chi connectivity index (χ2v) is 3.70. The Bertz CT molecular complexity index is 366. The Balaban J connectivity index is 2.65. The summed E-state index contributed by atoms with van der Waals surface area (Å²) < 4.78 is 5.24. The molecule has 82 valence electrons. The van der Waals surface area contributed by atoms with Gasteiger partial charge in [-0.05, 0) is 12.1 Å². The van der Waals surface area contributed by atoms with E-state index in [-0.39, 0.29) is 12.5 Å². The maximum absolute atomic E-state index is 11.2. The molecule has 0 saturated carbocycles. The van der Waals surface area contributed by atoms with Crippen LogP contribution in [-0.2, 0) is 4.79 Å². The van der Waals surface area contributed by atoms with Crippen LogP contribution in [0.25, 0.3) is 0 Å². The fraction of sp³-hybridized carbons (Fsp3) is 0.300. The van der Waals surface area contributed by atoms with E-state index in [1.165, 1.54) is 4.90 Å². The Labute approximate surface area is 93.6 Å². The molecule has 15 heavy (non-hydrogen) atoms. The third-order valence-corrected chi connectivity index (χ3v) is 2.06. The Morgan fingerprint density at radius 3 is 2.80 bits per heavy atom. The normalized spacial score (nSPS) is 9.80. The number of benzene rings is 1. The van der Waals surface area contributed by atoms with Crippen LogP contribution >= 0.6 is 11.6 Å². The van der Waals surface area contributed by atoms with Gasteiger partial charge in [-0.3, -0.25) is 4.79 Å². The van der Waals surface area contributed by atoms with Crippen molar-refractivity contribution in [3.05, 3.63) is 23.2 Å². The maximum atomic E-state index is 11.2. The number of halogens is 1. The van der Waals surface area contributed by atoms with E-state index in [0.29, 0.717) is 16.5 Å². The second-order valence-electron chi connectivity index (χ2n) is 3.26. The predicted molar refractivity (Wildman–Crippen MR) is 60.1 cm³/mol. The first-order valence-corrected chi connectivity index (χ1v) is 4.76. The first kappa shape index (κ1) is 11.7. The molecule has 0 aliphatic heterocycles. The van der Waals surface area contributed by atoms with Crippen molar-refractivity contribution >= 4 is 23.2 Å². The fourth-order valence-corrected chi connectivity index (χ4v) is 1.06. The van der Waals surface area contributed by atoms with Gasteiger partial charge in [-0.1, -0.05) is 11.6 Å². The van der Waals surface area contributed by atoms with Gasteiger partial charge in [0.2, 0.25) is 0 Å². The van der Waals surface area contributed by atoms with Crippen LogP contribution in [0.15, 0.2) is 18.2 Å². The van der Waals surface area contributed by atoms with Gasteiger partial charge in [0.15, 0.2) is 6.61 Å². The molecule has 2 N–H and O–H groups in total. The number of amides is 1. The first-order valence-electron chi connectivity index (χ1n) is 4.38. The van der Waals surface area contributed by atoms with Crippen molar-refractivity contribution in [2.24, 2.45) is 0 Å². The van der Waals surface area contributed by atoms with Crippen molar-refractivity contribution < 1.29 is 9.53 Å². The van der Waals surface area contributed by atoms with Gasteiger partial charge >= 0.3 is 0 Å². The molecule has 5 heteroatoms. The molecule has 1 amide bonds. The van der Waals surface area contributed by atoms with Crippen LogP contribution in [-0.4, -0.2) is 31.5 Å². The van der Waals surface area contributed by atoms with E-state index >= 15 is 0 Å². The SMILES string of the molecule is CN(C)C(=O)COc1cc(Cl)ccc1N.